The van der Waals surface area contributed by atoms with E-state index in [9.17, 15) is 23.3 Å². The number of carbonyl (C=O) groups excluding carboxylic acids is 1. The van der Waals surface area contributed by atoms with Crippen molar-refractivity contribution in [1.82, 2.24) is 4.31 Å². The summed E-state index contributed by atoms with van der Waals surface area (Å²) < 4.78 is 27.0. The zero-order chi connectivity index (χ0) is 21.9. The largest absolute Gasteiger partial charge is 0.325 e. The minimum absolute atomic E-state index is 0.0850. The number of benzene rings is 2. The van der Waals surface area contributed by atoms with Crippen LogP contribution in [-0.2, 0) is 14.8 Å². The number of anilines is 1. The second-order valence-electron chi connectivity index (χ2n) is 7.45. The van der Waals surface area contributed by atoms with E-state index in [0.717, 1.165) is 16.0 Å². The summed E-state index contributed by atoms with van der Waals surface area (Å²) in [5.74, 6) is -0.261. The minimum Gasteiger partial charge on any atom is -0.325 e. The van der Waals surface area contributed by atoms with Gasteiger partial charge in [-0.25, -0.2) is 8.42 Å². The molecule has 0 bridgehead atoms. The number of nitrogens with zero attached hydrogens (tertiary/aromatic N) is 2. The molecule has 0 radical (unpaired) electrons. The molecular formula is C20H25N4O5S+. The van der Waals surface area contributed by atoms with Gasteiger partial charge >= 0.3 is 0 Å². The molecule has 1 amide bonds. The average molecular weight is 434 g/mol. The van der Waals surface area contributed by atoms with Crippen molar-refractivity contribution in [3.05, 3.63) is 63.7 Å². The van der Waals surface area contributed by atoms with E-state index in [1.165, 1.54) is 16.4 Å². The maximum Gasteiger partial charge on any atom is 0.279 e. The molecule has 0 saturated carbocycles. The van der Waals surface area contributed by atoms with E-state index in [0.29, 0.717) is 31.9 Å². The third-order valence-corrected chi connectivity index (χ3v) is 7.12. The van der Waals surface area contributed by atoms with Crippen LogP contribution in [-0.4, -0.2) is 56.3 Å². The Balaban J connectivity index is 1.57. The average Bonchev–Trinajstić information content (AvgIpc) is 2.70. The van der Waals surface area contributed by atoms with Crippen LogP contribution in [0.25, 0.3) is 0 Å². The van der Waals surface area contributed by atoms with E-state index in [-0.39, 0.29) is 23.0 Å². The number of nitrogens with one attached hydrogen (secondary N) is 2. The molecule has 3 rings (SSSR count). The summed E-state index contributed by atoms with van der Waals surface area (Å²) in [4.78, 5) is 24.1. The molecule has 1 aliphatic heterocycles. The van der Waals surface area contributed by atoms with Crippen LogP contribution < -0.4 is 10.2 Å². The van der Waals surface area contributed by atoms with Crippen molar-refractivity contribution in [2.45, 2.75) is 18.7 Å². The van der Waals surface area contributed by atoms with Gasteiger partial charge in [0.05, 0.1) is 41.7 Å². The molecule has 1 heterocycles. The number of nitro groups is 1. The van der Waals surface area contributed by atoms with Crippen LogP contribution in [0.4, 0.5) is 11.4 Å². The lowest BCUT2D eigenvalue weighted by Crippen LogP contribution is -3.15. The van der Waals surface area contributed by atoms with Crippen LogP contribution in [0.3, 0.4) is 0 Å². The molecule has 1 saturated heterocycles. The van der Waals surface area contributed by atoms with Crippen LogP contribution in [0.5, 0.6) is 0 Å². The Morgan fingerprint density at radius 3 is 2.37 bits per heavy atom. The van der Waals surface area contributed by atoms with Gasteiger partial charge in [0.1, 0.15) is 0 Å². The molecule has 0 atom stereocenters. The number of carbonyl (C=O) groups is 1. The molecule has 1 fully saturated rings. The first-order valence-corrected chi connectivity index (χ1v) is 11.1. The van der Waals surface area contributed by atoms with Crippen molar-refractivity contribution in [2.24, 2.45) is 0 Å². The number of hydrogen-bond acceptors (Lipinski definition) is 5. The Hall–Kier alpha value is -2.82. The number of rotatable bonds is 6. The van der Waals surface area contributed by atoms with Crippen LogP contribution in [0, 0.1) is 24.0 Å². The van der Waals surface area contributed by atoms with E-state index >= 15 is 0 Å². The van der Waals surface area contributed by atoms with Gasteiger partial charge in [-0.3, -0.25) is 14.9 Å². The Labute approximate surface area is 175 Å². The second-order valence-corrected chi connectivity index (χ2v) is 9.39. The number of aryl methyl sites for hydroxylation is 2. The van der Waals surface area contributed by atoms with Gasteiger partial charge in [0.2, 0.25) is 10.0 Å². The summed E-state index contributed by atoms with van der Waals surface area (Å²) in [6.07, 6.45) is 0. The van der Waals surface area contributed by atoms with Crippen molar-refractivity contribution >= 4 is 27.3 Å². The summed E-state index contributed by atoms with van der Waals surface area (Å²) in [5.41, 5.74) is 2.05. The fourth-order valence-electron chi connectivity index (χ4n) is 3.36. The molecular weight excluding hydrogens is 408 g/mol. The SMILES string of the molecule is Cc1ccc(S(=O)(=O)N2CC[NH+](CC(=O)Nc3cc([N+](=O)[O-])ccc3C)CC2)cc1. The maximum absolute atomic E-state index is 12.8. The lowest BCUT2D eigenvalue weighted by Gasteiger charge is -2.31. The highest BCUT2D eigenvalue weighted by molar-refractivity contribution is 7.89. The van der Waals surface area contributed by atoms with Gasteiger partial charge in [-0.05, 0) is 31.5 Å². The van der Waals surface area contributed by atoms with E-state index in [1.54, 1.807) is 37.3 Å². The Morgan fingerprint density at radius 2 is 1.77 bits per heavy atom. The van der Waals surface area contributed by atoms with Gasteiger partial charge in [-0.1, -0.05) is 23.8 Å². The van der Waals surface area contributed by atoms with Crippen LogP contribution in [0.1, 0.15) is 11.1 Å². The first-order valence-electron chi connectivity index (χ1n) is 9.62. The van der Waals surface area contributed by atoms with Gasteiger partial charge in [0, 0.05) is 12.1 Å². The first kappa shape index (κ1) is 21.9. The highest BCUT2D eigenvalue weighted by atomic mass is 32.2. The highest BCUT2D eigenvalue weighted by Gasteiger charge is 2.31. The minimum atomic E-state index is -3.54. The number of nitro benzene ring substituents is 1. The molecule has 160 valence electrons. The molecule has 0 aromatic heterocycles. The third-order valence-electron chi connectivity index (χ3n) is 5.20. The van der Waals surface area contributed by atoms with E-state index < -0.39 is 14.9 Å². The van der Waals surface area contributed by atoms with Crippen molar-refractivity contribution < 1.29 is 23.0 Å². The number of non-ortho nitro benzene ring substituents is 1. The smallest absolute Gasteiger partial charge is 0.279 e. The van der Waals surface area contributed by atoms with Gasteiger partial charge < -0.3 is 10.2 Å². The van der Waals surface area contributed by atoms with Crippen molar-refractivity contribution in [1.29, 1.82) is 0 Å². The number of amides is 1. The van der Waals surface area contributed by atoms with Crippen molar-refractivity contribution in [3.8, 4) is 0 Å². The van der Waals surface area contributed by atoms with E-state index in [1.807, 2.05) is 6.92 Å². The molecule has 10 heteroatoms. The monoisotopic (exact) mass is 433 g/mol. The molecule has 0 aliphatic carbocycles. The molecule has 1 aliphatic rings. The molecule has 2 aromatic rings. The van der Waals surface area contributed by atoms with Gasteiger partial charge in [0.25, 0.3) is 11.6 Å². The Bertz CT molecular complexity index is 1050. The Kier molecular flexibility index (Phi) is 6.49. The molecule has 0 spiro atoms. The predicted molar refractivity (Wildman–Crippen MR) is 112 cm³/mol. The summed E-state index contributed by atoms with van der Waals surface area (Å²) >= 11 is 0. The topological polar surface area (TPSA) is 114 Å². The van der Waals surface area contributed by atoms with Crippen LogP contribution in [0.2, 0.25) is 0 Å². The zero-order valence-electron chi connectivity index (χ0n) is 16.9. The quantitative estimate of drug-likeness (QED) is 0.515. The molecule has 9 nitrogen and oxygen atoms in total. The summed E-state index contributed by atoms with van der Waals surface area (Å²) in [6, 6.07) is 11.1. The zero-order valence-corrected chi connectivity index (χ0v) is 17.7. The van der Waals surface area contributed by atoms with Crippen LogP contribution >= 0.6 is 0 Å². The van der Waals surface area contributed by atoms with E-state index in [4.69, 9.17) is 0 Å². The predicted octanol–water partition coefficient (Wildman–Crippen LogP) is 0.740. The number of hydrogen-bond donors (Lipinski definition) is 2. The van der Waals surface area contributed by atoms with Gasteiger partial charge in [-0.2, -0.15) is 4.31 Å². The lowest BCUT2D eigenvalue weighted by atomic mass is 10.2. The molecule has 30 heavy (non-hydrogen) atoms. The van der Waals surface area contributed by atoms with Gasteiger partial charge in [0.15, 0.2) is 6.54 Å². The maximum atomic E-state index is 12.8. The lowest BCUT2D eigenvalue weighted by molar-refractivity contribution is -0.895. The van der Waals surface area contributed by atoms with Crippen molar-refractivity contribution in [2.75, 3.05) is 38.0 Å². The standard InChI is InChI=1S/C20H24N4O5S/c1-15-3-7-18(8-4-15)30(28,29)23-11-9-22(10-12-23)14-20(25)21-19-13-17(24(26)27)6-5-16(19)2/h3-8,13H,9-12,14H2,1-2H3,(H,21,25)/p+1. The fourth-order valence-corrected chi connectivity index (χ4v) is 4.80. The Morgan fingerprint density at radius 1 is 1.13 bits per heavy atom. The number of sulfonamides is 1. The third kappa shape index (κ3) is 5.02. The van der Waals surface area contributed by atoms with Crippen LogP contribution in [0.15, 0.2) is 47.4 Å². The molecule has 2 aromatic carbocycles. The van der Waals surface area contributed by atoms with Crippen molar-refractivity contribution in [3.63, 3.8) is 0 Å². The highest BCUT2D eigenvalue weighted by Crippen LogP contribution is 2.21. The fraction of sp³-hybridized carbons (Fsp3) is 0.350. The summed E-state index contributed by atoms with van der Waals surface area (Å²) in [5, 5.41) is 13.7. The van der Waals surface area contributed by atoms with Gasteiger partial charge in [-0.15, -0.1) is 0 Å². The number of quaternary nitrogens is 1. The molecule has 2 N–H and O–H groups in total. The second kappa shape index (κ2) is 8.90. The number of piperazine rings is 1. The normalized spacial score (nSPS) is 15.7. The van der Waals surface area contributed by atoms with E-state index in [2.05, 4.69) is 5.32 Å². The summed E-state index contributed by atoms with van der Waals surface area (Å²) in [6.45, 7) is 5.50. The first-order chi connectivity index (χ1) is 14.2. The summed E-state index contributed by atoms with van der Waals surface area (Å²) in [7, 11) is -3.54. The molecule has 0 unspecified atom stereocenters.